The molecule has 1 unspecified atom stereocenters. The molecule has 4 nitrogen and oxygen atoms in total. The lowest BCUT2D eigenvalue weighted by Gasteiger charge is -2.19. The van der Waals surface area contributed by atoms with Crippen molar-refractivity contribution in [1.29, 1.82) is 0 Å². The smallest absolute Gasteiger partial charge is 0.247 e. The van der Waals surface area contributed by atoms with Crippen molar-refractivity contribution < 1.29 is 9.59 Å². The third-order valence-corrected chi connectivity index (χ3v) is 6.96. The molecular formula is C27H26N2O2S. The molecule has 32 heavy (non-hydrogen) atoms. The molecule has 1 fully saturated rings. The highest BCUT2D eigenvalue weighted by molar-refractivity contribution is 8.16. The van der Waals surface area contributed by atoms with E-state index in [1.807, 2.05) is 94.4 Å². The van der Waals surface area contributed by atoms with Gasteiger partial charge in [-0.05, 0) is 68.1 Å². The lowest BCUT2D eigenvalue weighted by Crippen LogP contribution is -2.33. The molecule has 0 radical (unpaired) electrons. The Morgan fingerprint density at radius 3 is 2.25 bits per heavy atom. The van der Waals surface area contributed by atoms with Crippen LogP contribution in [0.15, 0.2) is 71.7 Å². The summed E-state index contributed by atoms with van der Waals surface area (Å²) in [5.74, 6) is -0.130. The molecule has 0 bridgehead atoms. The number of rotatable bonds is 5. The monoisotopic (exact) mass is 442 g/mol. The molecule has 0 aliphatic carbocycles. The van der Waals surface area contributed by atoms with E-state index < -0.39 is 5.25 Å². The highest BCUT2D eigenvalue weighted by Gasteiger charge is 2.40. The van der Waals surface area contributed by atoms with Crippen molar-refractivity contribution in [2.24, 2.45) is 4.99 Å². The highest BCUT2D eigenvalue weighted by Crippen LogP contribution is 2.37. The second-order valence-electron chi connectivity index (χ2n) is 8.17. The number of benzene rings is 3. The van der Waals surface area contributed by atoms with Crippen LogP contribution >= 0.6 is 11.8 Å². The Balaban J connectivity index is 1.69. The number of para-hydroxylation sites is 2. The summed E-state index contributed by atoms with van der Waals surface area (Å²) < 4.78 is 0. The molecule has 4 rings (SSSR count). The van der Waals surface area contributed by atoms with Crippen LogP contribution in [0.1, 0.15) is 39.0 Å². The lowest BCUT2D eigenvalue weighted by molar-refractivity contribution is -0.116. The van der Waals surface area contributed by atoms with Crippen molar-refractivity contribution in [2.75, 3.05) is 4.90 Å². The topological polar surface area (TPSA) is 49.7 Å². The predicted molar refractivity (Wildman–Crippen MR) is 133 cm³/mol. The summed E-state index contributed by atoms with van der Waals surface area (Å²) in [5, 5.41) is 0.1000. The zero-order valence-corrected chi connectivity index (χ0v) is 19.6. The molecule has 1 amide bonds. The maximum atomic E-state index is 13.5. The molecule has 1 saturated heterocycles. The van der Waals surface area contributed by atoms with Gasteiger partial charge >= 0.3 is 0 Å². The van der Waals surface area contributed by atoms with Crippen LogP contribution in [0.3, 0.4) is 0 Å². The molecule has 0 aromatic heterocycles. The van der Waals surface area contributed by atoms with Gasteiger partial charge in [-0.3, -0.25) is 14.5 Å². The Kier molecular flexibility index (Phi) is 6.28. The van der Waals surface area contributed by atoms with E-state index >= 15 is 0 Å². The third-order valence-electron chi connectivity index (χ3n) is 5.82. The number of hydrogen-bond donors (Lipinski definition) is 0. The number of Topliss-reactive ketones (excluding diaryl/α,β-unsaturated/α-hetero) is 1. The van der Waals surface area contributed by atoms with E-state index in [9.17, 15) is 9.59 Å². The molecule has 1 aliphatic heterocycles. The summed E-state index contributed by atoms with van der Waals surface area (Å²) >= 11 is 1.37. The molecule has 3 aromatic carbocycles. The second-order valence-corrected chi connectivity index (χ2v) is 9.34. The van der Waals surface area contributed by atoms with Crippen molar-refractivity contribution in [3.8, 4) is 0 Å². The van der Waals surface area contributed by atoms with Crippen molar-refractivity contribution in [3.63, 3.8) is 0 Å². The predicted octanol–water partition coefficient (Wildman–Crippen LogP) is 6.33. The van der Waals surface area contributed by atoms with Gasteiger partial charge in [-0.1, -0.05) is 60.3 Å². The van der Waals surface area contributed by atoms with Gasteiger partial charge < -0.3 is 0 Å². The standard InChI is InChI=1S/C27H26N2O2S/c1-17-13-14-21(15-20(17)4)24(30)16-25-26(31)29(23-12-8-6-10-19(23)3)27(32-25)28-22-11-7-5-9-18(22)2/h5-15,25H,16H2,1-4H3. The lowest BCUT2D eigenvalue weighted by atomic mass is 10.0. The second kappa shape index (κ2) is 9.13. The van der Waals surface area contributed by atoms with E-state index in [0.717, 1.165) is 33.6 Å². The number of aliphatic imine (C=N–C) groups is 1. The molecule has 0 spiro atoms. The number of amidine groups is 1. The Morgan fingerprint density at radius 2 is 1.56 bits per heavy atom. The van der Waals surface area contributed by atoms with Crippen molar-refractivity contribution >= 4 is 40.0 Å². The SMILES string of the molecule is Cc1ccc(C(=O)CC2SC(=Nc3ccccc3C)N(c3ccccc3C)C2=O)cc1C. The van der Waals surface area contributed by atoms with Crippen LogP contribution in [0.25, 0.3) is 0 Å². The summed E-state index contributed by atoms with van der Waals surface area (Å²) in [7, 11) is 0. The molecule has 1 aliphatic rings. The number of ketones is 1. The molecule has 3 aromatic rings. The van der Waals surface area contributed by atoms with Crippen LogP contribution < -0.4 is 4.90 Å². The number of carbonyl (C=O) groups is 2. The van der Waals surface area contributed by atoms with Crippen LogP contribution in [0, 0.1) is 27.7 Å². The minimum Gasteiger partial charge on any atom is -0.294 e. The first-order valence-corrected chi connectivity index (χ1v) is 11.5. The molecular weight excluding hydrogens is 416 g/mol. The first-order valence-electron chi connectivity index (χ1n) is 10.7. The maximum Gasteiger partial charge on any atom is 0.247 e. The van der Waals surface area contributed by atoms with Gasteiger partial charge in [0.25, 0.3) is 0 Å². The minimum absolute atomic E-state index is 0.0270. The fraction of sp³-hybridized carbons (Fsp3) is 0.222. The average Bonchev–Trinajstić information content (AvgIpc) is 3.06. The Hall–Kier alpha value is -3.18. The van der Waals surface area contributed by atoms with E-state index in [2.05, 4.69) is 0 Å². The summed E-state index contributed by atoms with van der Waals surface area (Å²) in [5.41, 5.74) is 6.51. The van der Waals surface area contributed by atoms with E-state index in [1.54, 1.807) is 4.90 Å². The summed E-state index contributed by atoms with van der Waals surface area (Å²) in [6.45, 7) is 7.99. The van der Waals surface area contributed by atoms with Crippen molar-refractivity contribution in [1.82, 2.24) is 0 Å². The Morgan fingerprint density at radius 1 is 0.875 bits per heavy atom. The molecule has 5 heteroatoms. The number of anilines is 1. The highest BCUT2D eigenvalue weighted by atomic mass is 32.2. The molecule has 0 N–H and O–H groups in total. The Labute approximate surface area is 193 Å². The van der Waals surface area contributed by atoms with E-state index in [0.29, 0.717) is 10.7 Å². The third kappa shape index (κ3) is 4.39. The van der Waals surface area contributed by atoms with Gasteiger partial charge in [0.15, 0.2) is 11.0 Å². The van der Waals surface area contributed by atoms with E-state index in [-0.39, 0.29) is 18.1 Å². The van der Waals surface area contributed by atoms with Crippen LogP contribution in [0.4, 0.5) is 11.4 Å². The van der Waals surface area contributed by atoms with Crippen molar-refractivity contribution in [3.05, 3.63) is 94.5 Å². The van der Waals surface area contributed by atoms with Gasteiger partial charge in [0.2, 0.25) is 5.91 Å². The van der Waals surface area contributed by atoms with Gasteiger partial charge in [-0.25, -0.2) is 4.99 Å². The minimum atomic E-state index is -0.508. The number of aryl methyl sites for hydroxylation is 4. The fourth-order valence-electron chi connectivity index (χ4n) is 3.70. The van der Waals surface area contributed by atoms with Gasteiger partial charge in [0, 0.05) is 12.0 Å². The van der Waals surface area contributed by atoms with E-state index in [4.69, 9.17) is 4.99 Å². The van der Waals surface area contributed by atoms with Crippen LogP contribution in [0.5, 0.6) is 0 Å². The average molecular weight is 443 g/mol. The first-order chi connectivity index (χ1) is 15.3. The summed E-state index contributed by atoms with van der Waals surface area (Å²) in [4.78, 5) is 33.0. The maximum absolute atomic E-state index is 13.5. The summed E-state index contributed by atoms with van der Waals surface area (Å²) in [6.07, 6.45) is 0.140. The zero-order valence-electron chi connectivity index (χ0n) is 18.8. The fourth-order valence-corrected chi connectivity index (χ4v) is 4.84. The van der Waals surface area contributed by atoms with Crippen LogP contribution in [-0.4, -0.2) is 22.1 Å². The van der Waals surface area contributed by atoms with Gasteiger partial charge in [0.1, 0.15) is 0 Å². The normalized spacial score (nSPS) is 17.2. The largest absolute Gasteiger partial charge is 0.294 e. The molecule has 162 valence electrons. The molecule has 1 heterocycles. The molecule has 1 atom stereocenters. The Bertz CT molecular complexity index is 1230. The number of hydrogen-bond acceptors (Lipinski definition) is 4. The summed E-state index contributed by atoms with van der Waals surface area (Å²) in [6, 6.07) is 21.3. The van der Waals surface area contributed by atoms with Gasteiger partial charge in [-0.15, -0.1) is 0 Å². The zero-order chi connectivity index (χ0) is 22.8. The number of amides is 1. The quantitative estimate of drug-likeness (QED) is 0.434. The van der Waals surface area contributed by atoms with Gasteiger partial charge in [-0.2, -0.15) is 0 Å². The van der Waals surface area contributed by atoms with Crippen molar-refractivity contribution in [2.45, 2.75) is 39.4 Å². The van der Waals surface area contributed by atoms with Gasteiger partial charge in [0.05, 0.1) is 16.6 Å². The number of carbonyl (C=O) groups excluding carboxylic acids is 2. The van der Waals surface area contributed by atoms with Crippen LogP contribution in [0.2, 0.25) is 0 Å². The first kappa shape index (κ1) is 22.0. The number of thioether (sulfide) groups is 1. The van der Waals surface area contributed by atoms with Crippen LogP contribution in [-0.2, 0) is 4.79 Å². The number of nitrogens with zero attached hydrogens (tertiary/aromatic N) is 2. The van der Waals surface area contributed by atoms with E-state index in [1.165, 1.54) is 11.8 Å². The molecule has 0 saturated carbocycles.